The van der Waals surface area contributed by atoms with Crippen molar-refractivity contribution in [3.05, 3.63) is 22.3 Å². The Kier molecular flexibility index (Phi) is 3.54. The lowest BCUT2D eigenvalue weighted by molar-refractivity contribution is -0.510. The Morgan fingerprint density at radius 3 is 2.00 bits per heavy atom. The van der Waals surface area contributed by atoms with Crippen molar-refractivity contribution >= 4 is 20.2 Å². The van der Waals surface area contributed by atoms with Crippen molar-refractivity contribution in [3.63, 3.8) is 0 Å². The maximum absolute atomic E-state index is 10.9. The van der Waals surface area contributed by atoms with Crippen LogP contribution in [-0.4, -0.2) is 47.7 Å². The van der Waals surface area contributed by atoms with Gasteiger partial charge in [0.25, 0.3) is 26.3 Å². The predicted molar refractivity (Wildman–Crippen MR) is 53.7 cm³/mol. The van der Waals surface area contributed by atoms with Gasteiger partial charge in [-0.05, 0) is 12.2 Å². The molecular formula is C5H8N2O8S2. The second-order valence-corrected chi connectivity index (χ2v) is 6.27. The van der Waals surface area contributed by atoms with Gasteiger partial charge in [0.15, 0.2) is 5.37 Å². The van der Waals surface area contributed by atoms with E-state index in [2.05, 4.69) is 0 Å². The summed E-state index contributed by atoms with van der Waals surface area (Å²) in [4.78, 5) is 9.48. The van der Waals surface area contributed by atoms with Crippen molar-refractivity contribution in [2.45, 2.75) is 16.8 Å². The Balaban J connectivity index is 3.19. The fraction of sp³-hybridized carbons (Fsp3) is 0.600. The molecule has 0 aromatic rings. The Bertz CT molecular complexity index is 548. The average Bonchev–Trinajstić information content (AvgIpc) is 2.14. The highest BCUT2D eigenvalue weighted by atomic mass is 32.2. The van der Waals surface area contributed by atoms with Crippen LogP contribution in [0.2, 0.25) is 0 Å². The molecule has 0 fully saturated rings. The number of nitrogens with one attached hydrogen (secondary N) is 1. The lowest BCUT2D eigenvalue weighted by Crippen LogP contribution is -2.56. The van der Waals surface area contributed by atoms with E-state index in [1.165, 1.54) is 0 Å². The number of rotatable bonds is 3. The quantitative estimate of drug-likeness (QED) is 0.235. The summed E-state index contributed by atoms with van der Waals surface area (Å²) in [5.74, 6) is 0. The lowest BCUT2D eigenvalue weighted by Gasteiger charge is -2.24. The van der Waals surface area contributed by atoms with E-state index in [1.54, 1.807) is 5.32 Å². The van der Waals surface area contributed by atoms with Crippen molar-refractivity contribution < 1.29 is 30.9 Å². The first kappa shape index (κ1) is 14.0. The van der Waals surface area contributed by atoms with Gasteiger partial charge in [-0.2, -0.15) is 16.8 Å². The molecule has 98 valence electrons. The molecule has 0 aromatic carbocycles. The van der Waals surface area contributed by atoms with Crippen LogP contribution in [-0.2, 0) is 20.2 Å². The average molecular weight is 288 g/mol. The minimum Gasteiger partial charge on any atom is -0.284 e. The molecular weight excluding hydrogens is 280 g/mol. The van der Waals surface area contributed by atoms with Crippen LogP contribution in [0.3, 0.4) is 0 Å². The molecule has 1 aliphatic rings. The monoisotopic (exact) mass is 288 g/mol. The molecule has 0 saturated carbocycles. The highest BCUT2D eigenvalue weighted by Gasteiger charge is 2.44. The summed E-state index contributed by atoms with van der Waals surface area (Å²) in [5.41, 5.74) is 0. The van der Waals surface area contributed by atoms with Crippen LogP contribution in [0.1, 0.15) is 0 Å². The topological polar surface area (TPSA) is 164 Å². The van der Waals surface area contributed by atoms with Crippen molar-refractivity contribution in [2.75, 3.05) is 0 Å². The van der Waals surface area contributed by atoms with E-state index < -0.39 is 41.9 Å². The molecule has 12 heteroatoms. The van der Waals surface area contributed by atoms with Gasteiger partial charge in [0.2, 0.25) is 5.37 Å². The van der Waals surface area contributed by atoms with Gasteiger partial charge in [0.1, 0.15) is 0 Å². The molecule has 0 saturated heterocycles. The van der Waals surface area contributed by atoms with Crippen LogP contribution in [0.5, 0.6) is 0 Å². The zero-order valence-electron chi connectivity index (χ0n) is 7.99. The summed E-state index contributed by atoms with van der Waals surface area (Å²) in [7, 11) is -9.56. The van der Waals surface area contributed by atoms with E-state index in [9.17, 15) is 26.9 Å². The van der Waals surface area contributed by atoms with Crippen LogP contribution >= 0.6 is 0 Å². The van der Waals surface area contributed by atoms with E-state index in [0.717, 1.165) is 6.08 Å². The van der Waals surface area contributed by atoms with Crippen LogP contribution in [0.4, 0.5) is 0 Å². The Morgan fingerprint density at radius 2 is 1.65 bits per heavy atom. The second-order valence-electron chi connectivity index (χ2n) is 3.20. The first-order valence-corrected chi connectivity index (χ1v) is 7.04. The molecule has 3 unspecified atom stereocenters. The fourth-order valence-electron chi connectivity index (χ4n) is 1.26. The molecule has 1 rings (SSSR count). The lowest BCUT2D eigenvalue weighted by atomic mass is 10.2. The van der Waals surface area contributed by atoms with Crippen molar-refractivity contribution in [3.8, 4) is 0 Å². The van der Waals surface area contributed by atoms with Gasteiger partial charge in [-0.3, -0.25) is 24.5 Å². The molecule has 1 aliphatic heterocycles. The molecule has 0 aromatic heterocycles. The largest absolute Gasteiger partial charge is 0.288 e. The first-order valence-electron chi connectivity index (χ1n) is 4.04. The number of hydrogen-bond acceptors (Lipinski definition) is 7. The summed E-state index contributed by atoms with van der Waals surface area (Å²) >= 11 is 0. The molecule has 10 nitrogen and oxygen atoms in total. The van der Waals surface area contributed by atoms with Crippen LogP contribution in [0, 0.1) is 10.1 Å². The van der Waals surface area contributed by atoms with E-state index in [0.29, 0.717) is 6.08 Å². The van der Waals surface area contributed by atoms with Crippen LogP contribution in [0.25, 0.3) is 0 Å². The third-order valence-electron chi connectivity index (χ3n) is 2.01. The van der Waals surface area contributed by atoms with E-state index in [1.807, 2.05) is 0 Å². The molecule has 1 heterocycles. The minimum absolute atomic E-state index is 0.674. The van der Waals surface area contributed by atoms with Crippen molar-refractivity contribution in [2.24, 2.45) is 0 Å². The Morgan fingerprint density at radius 1 is 1.12 bits per heavy atom. The van der Waals surface area contributed by atoms with E-state index >= 15 is 0 Å². The standard InChI is InChI=1S/C5H8N2O8S2/c8-7(9)3-1-2-4(16(10,11)12)6-5(3)17(13,14)15/h1-6H,(H,10,11,12)(H,13,14,15). The SMILES string of the molecule is O=[N+]([O-])C1C=CC(S(=O)(=O)O)NC1S(=O)(=O)O. The van der Waals surface area contributed by atoms with E-state index in [-0.39, 0.29) is 0 Å². The number of nitro groups is 1. The first-order chi connectivity index (χ1) is 7.53. The highest BCUT2D eigenvalue weighted by Crippen LogP contribution is 2.15. The van der Waals surface area contributed by atoms with Crippen molar-refractivity contribution in [1.82, 2.24) is 5.32 Å². The van der Waals surface area contributed by atoms with Crippen molar-refractivity contribution in [1.29, 1.82) is 0 Å². The van der Waals surface area contributed by atoms with Gasteiger partial charge >= 0.3 is 0 Å². The Labute approximate surface area is 96.0 Å². The molecule has 0 bridgehead atoms. The maximum Gasteiger partial charge on any atom is 0.288 e. The third kappa shape index (κ3) is 3.19. The van der Waals surface area contributed by atoms with Gasteiger partial charge in [0, 0.05) is 4.92 Å². The highest BCUT2D eigenvalue weighted by molar-refractivity contribution is 7.87. The molecule has 3 N–H and O–H groups in total. The van der Waals surface area contributed by atoms with Gasteiger partial charge in [0.05, 0.1) is 0 Å². The summed E-state index contributed by atoms with van der Waals surface area (Å²) < 4.78 is 60.6. The van der Waals surface area contributed by atoms with Crippen LogP contribution in [0.15, 0.2) is 12.2 Å². The second kappa shape index (κ2) is 4.30. The van der Waals surface area contributed by atoms with E-state index in [4.69, 9.17) is 9.11 Å². The van der Waals surface area contributed by atoms with Gasteiger partial charge in [-0.25, -0.2) is 0 Å². The zero-order valence-corrected chi connectivity index (χ0v) is 9.63. The third-order valence-corrected chi connectivity index (χ3v) is 4.00. The molecule has 0 amide bonds. The fourth-order valence-corrected chi connectivity index (χ4v) is 2.82. The molecule has 17 heavy (non-hydrogen) atoms. The molecule has 3 atom stereocenters. The Hall–Kier alpha value is -1.08. The molecule has 0 spiro atoms. The van der Waals surface area contributed by atoms with Gasteiger partial charge < -0.3 is 0 Å². The summed E-state index contributed by atoms with van der Waals surface area (Å²) in [6, 6.07) is -1.84. The maximum atomic E-state index is 10.9. The van der Waals surface area contributed by atoms with Gasteiger partial charge in [-0.1, -0.05) is 0 Å². The summed E-state index contributed by atoms with van der Waals surface area (Å²) in [6.07, 6.45) is 1.40. The normalized spacial score (nSPS) is 30.1. The summed E-state index contributed by atoms with van der Waals surface area (Å²) in [5, 5.41) is 8.28. The summed E-state index contributed by atoms with van der Waals surface area (Å²) in [6.45, 7) is 0. The molecule has 0 aliphatic carbocycles. The zero-order chi connectivity index (χ0) is 13.4. The smallest absolute Gasteiger partial charge is 0.284 e. The predicted octanol–water partition coefficient (Wildman–Crippen LogP) is -1.78. The minimum atomic E-state index is -4.89. The number of nitrogens with zero attached hydrogens (tertiary/aromatic N) is 1. The number of hydrogen-bond donors (Lipinski definition) is 3. The molecule has 0 radical (unpaired) electrons. The van der Waals surface area contributed by atoms with Crippen LogP contribution < -0.4 is 5.32 Å². The van der Waals surface area contributed by atoms with Gasteiger partial charge in [-0.15, -0.1) is 0 Å².